The van der Waals surface area contributed by atoms with E-state index in [1.54, 1.807) is 12.1 Å². The van der Waals surface area contributed by atoms with Gasteiger partial charge in [0.1, 0.15) is 17.3 Å². The third-order valence-electron chi connectivity index (χ3n) is 3.50. The molecule has 3 rings (SSSR count). The lowest BCUT2D eigenvalue weighted by Gasteiger charge is -2.16. The van der Waals surface area contributed by atoms with Gasteiger partial charge in [0.05, 0.1) is 4.90 Å². The van der Waals surface area contributed by atoms with Gasteiger partial charge in [-0.2, -0.15) is 0 Å². The number of fused-ring (bicyclic) bond motifs is 1. The minimum Gasteiger partial charge on any atom is -0.263 e. The van der Waals surface area contributed by atoms with Crippen molar-refractivity contribution in [3.05, 3.63) is 46.9 Å². The van der Waals surface area contributed by atoms with Crippen LogP contribution in [0, 0.1) is 0 Å². The standard InChI is InChI=1S/C14H14ClN3O2S/c15-13-8-14(17-9-16-13)18-21(19,20)12-6-5-10-3-1-2-4-11(10)7-12/h5-9H,1-4H2,(H,16,17,18). The number of hydrogen-bond acceptors (Lipinski definition) is 4. The van der Waals surface area contributed by atoms with Gasteiger partial charge in [0.2, 0.25) is 0 Å². The molecule has 1 aliphatic rings. The number of hydrogen-bond donors (Lipinski definition) is 1. The second-order valence-electron chi connectivity index (χ2n) is 4.97. The molecule has 110 valence electrons. The first kappa shape index (κ1) is 14.3. The predicted octanol–water partition coefficient (Wildman–Crippen LogP) is 2.81. The van der Waals surface area contributed by atoms with Crippen LogP contribution in [-0.2, 0) is 22.9 Å². The van der Waals surface area contributed by atoms with Gasteiger partial charge in [-0.25, -0.2) is 18.4 Å². The van der Waals surface area contributed by atoms with Gasteiger partial charge in [-0.3, -0.25) is 4.72 Å². The van der Waals surface area contributed by atoms with Crippen molar-refractivity contribution in [3.8, 4) is 0 Å². The van der Waals surface area contributed by atoms with Crippen LogP contribution in [0.5, 0.6) is 0 Å². The molecule has 0 amide bonds. The average Bonchev–Trinajstić information content (AvgIpc) is 2.46. The second-order valence-corrected chi connectivity index (χ2v) is 7.04. The molecule has 1 aromatic heterocycles. The molecule has 1 N–H and O–H groups in total. The van der Waals surface area contributed by atoms with Crippen LogP contribution in [0.3, 0.4) is 0 Å². The van der Waals surface area contributed by atoms with Gasteiger partial charge in [-0.15, -0.1) is 0 Å². The zero-order valence-electron chi connectivity index (χ0n) is 11.2. The van der Waals surface area contributed by atoms with Crippen molar-refractivity contribution in [2.24, 2.45) is 0 Å². The van der Waals surface area contributed by atoms with Crippen LogP contribution in [0.25, 0.3) is 0 Å². The van der Waals surface area contributed by atoms with Gasteiger partial charge in [0, 0.05) is 6.07 Å². The molecule has 0 saturated heterocycles. The molecule has 7 heteroatoms. The molecule has 0 bridgehead atoms. The Kier molecular flexibility index (Phi) is 3.82. The quantitative estimate of drug-likeness (QED) is 0.882. The summed E-state index contributed by atoms with van der Waals surface area (Å²) in [5, 5.41) is 0.188. The number of nitrogens with one attached hydrogen (secondary N) is 1. The van der Waals surface area contributed by atoms with E-state index in [0.29, 0.717) is 0 Å². The minimum absolute atomic E-state index is 0.160. The Balaban J connectivity index is 1.91. The largest absolute Gasteiger partial charge is 0.263 e. The van der Waals surface area contributed by atoms with E-state index < -0.39 is 10.0 Å². The molecular formula is C14H14ClN3O2S. The van der Waals surface area contributed by atoms with Crippen LogP contribution in [0.1, 0.15) is 24.0 Å². The Morgan fingerprint density at radius 1 is 1.05 bits per heavy atom. The third-order valence-corrected chi connectivity index (χ3v) is 5.06. The monoisotopic (exact) mass is 323 g/mol. The number of halogens is 1. The summed E-state index contributed by atoms with van der Waals surface area (Å²) in [5.41, 5.74) is 2.36. The predicted molar refractivity (Wildman–Crippen MR) is 80.9 cm³/mol. The van der Waals surface area contributed by atoms with Gasteiger partial charge >= 0.3 is 0 Å². The van der Waals surface area contributed by atoms with Crippen LogP contribution in [0.15, 0.2) is 35.5 Å². The molecule has 0 spiro atoms. The van der Waals surface area contributed by atoms with Crippen molar-refractivity contribution < 1.29 is 8.42 Å². The lowest BCUT2D eigenvalue weighted by Crippen LogP contribution is -2.15. The molecule has 0 saturated carbocycles. The summed E-state index contributed by atoms with van der Waals surface area (Å²) in [6, 6.07) is 6.66. The maximum Gasteiger partial charge on any atom is 0.263 e. The number of sulfonamides is 1. The lowest BCUT2D eigenvalue weighted by molar-refractivity contribution is 0.600. The molecule has 0 radical (unpaired) electrons. The lowest BCUT2D eigenvalue weighted by atomic mass is 9.92. The van der Waals surface area contributed by atoms with E-state index in [0.717, 1.165) is 31.2 Å². The van der Waals surface area contributed by atoms with Crippen LogP contribution < -0.4 is 4.72 Å². The fourth-order valence-corrected chi connectivity index (χ4v) is 3.66. The molecule has 1 aromatic carbocycles. The molecule has 21 heavy (non-hydrogen) atoms. The van der Waals surface area contributed by atoms with Gasteiger partial charge in [-0.05, 0) is 48.9 Å². The molecule has 0 fully saturated rings. The second kappa shape index (κ2) is 5.61. The fraction of sp³-hybridized carbons (Fsp3) is 0.286. The summed E-state index contributed by atoms with van der Waals surface area (Å²) in [6.07, 6.45) is 5.43. The Morgan fingerprint density at radius 2 is 1.81 bits per heavy atom. The van der Waals surface area contributed by atoms with Crippen molar-refractivity contribution in [2.45, 2.75) is 30.6 Å². The van der Waals surface area contributed by atoms with E-state index in [1.807, 2.05) is 6.07 Å². The first-order valence-electron chi connectivity index (χ1n) is 6.67. The first-order chi connectivity index (χ1) is 10.0. The summed E-state index contributed by atoms with van der Waals surface area (Å²) >= 11 is 5.73. The van der Waals surface area contributed by atoms with Crippen molar-refractivity contribution in [2.75, 3.05) is 4.72 Å². The minimum atomic E-state index is -3.66. The molecule has 0 aliphatic heterocycles. The average molecular weight is 324 g/mol. The fourth-order valence-electron chi connectivity index (χ4n) is 2.46. The zero-order chi connectivity index (χ0) is 14.9. The normalized spacial score (nSPS) is 14.5. The number of rotatable bonds is 3. The van der Waals surface area contributed by atoms with Gasteiger partial charge in [-0.1, -0.05) is 17.7 Å². The van der Waals surface area contributed by atoms with Gasteiger partial charge in [0.25, 0.3) is 10.0 Å². The smallest absolute Gasteiger partial charge is 0.263 e. The maximum atomic E-state index is 12.4. The molecule has 1 aliphatic carbocycles. The van der Waals surface area contributed by atoms with E-state index in [9.17, 15) is 8.42 Å². The number of nitrogens with zero attached hydrogens (tertiary/aromatic N) is 2. The zero-order valence-corrected chi connectivity index (χ0v) is 12.8. The van der Waals surface area contributed by atoms with Crippen LogP contribution in [0.4, 0.5) is 5.82 Å². The first-order valence-corrected chi connectivity index (χ1v) is 8.53. The van der Waals surface area contributed by atoms with Gasteiger partial charge in [0.15, 0.2) is 0 Å². The highest BCUT2D eigenvalue weighted by Gasteiger charge is 2.18. The summed E-state index contributed by atoms with van der Waals surface area (Å²) in [6.45, 7) is 0. The van der Waals surface area contributed by atoms with Crippen molar-refractivity contribution in [1.82, 2.24) is 9.97 Å². The van der Waals surface area contributed by atoms with E-state index >= 15 is 0 Å². The van der Waals surface area contributed by atoms with Gasteiger partial charge < -0.3 is 0 Å². The number of aromatic nitrogens is 2. The van der Waals surface area contributed by atoms with Crippen LogP contribution in [-0.4, -0.2) is 18.4 Å². The van der Waals surface area contributed by atoms with Crippen LogP contribution in [0.2, 0.25) is 5.15 Å². The third kappa shape index (κ3) is 3.16. The molecule has 2 aromatic rings. The Bertz CT molecular complexity index is 778. The summed E-state index contributed by atoms with van der Waals surface area (Å²) in [5.74, 6) is 0.160. The Morgan fingerprint density at radius 3 is 2.57 bits per heavy atom. The van der Waals surface area contributed by atoms with Crippen molar-refractivity contribution >= 4 is 27.4 Å². The number of aryl methyl sites for hydroxylation is 2. The number of benzene rings is 1. The van der Waals surface area contributed by atoms with E-state index in [2.05, 4.69) is 14.7 Å². The SMILES string of the molecule is O=S(=O)(Nc1cc(Cl)ncn1)c1ccc2c(c1)CCCC2. The highest BCUT2D eigenvalue weighted by molar-refractivity contribution is 7.92. The van der Waals surface area contributed by atoms with E-state index in [-0.39, 0.29) is 15.9 Å². The van der Waals surface area contributed by atoms with Crippen LogP contribution >= 0.6 is 11.6 Å². The summed E-state index contributed by atoms with van der Waals surface area (Å²) in [4.78, 5) is 7.82. The Hall–Kier alpha value is -1.66. The van der Waals surface area contributed by atoms with E-state index in [1.165, 1.54) is 18.0 Å². The van der Waals surface area contributed by atoms with Crippen molar-refractivity contribution in [3.63, 3.8) is 0 Å². The maximum absolute atomic E-state index is 12.4. The van der Waals surface area contributed by atoms with E-state index in [4.69, 9.17) is 11.6 Å². The molecule has 5 nitrogen and oxygen atoms in total. The molecular weight excluding hydrogens is 310 g/mol. The molecule has 1 heterocycles. The highest BCUT2D eigenvalue weighted by Crippen LogP contribution is 2.25. The number of anilines is 1. The highest BCUT2D eigenvalue weighted by atomic mass is 35.5. The topological polar surface area (TPSA) is 72.0 Å². The summed E-state index contributed by atoms with van der Waals surface area (Å²) in [7, 11) is -3.66. The molecule has 0 atom stereocenters. The van der Waals surface area contributed by atoms with Crippen molar-refractivity contribution in [1.29, 1.82) is 0 Å². The summed E-state index contributed by atoms with van der Waals surface area (Å²) < 4.78 is 27.2. The Labute approximate surface area is 128 Å². The molecule has 0 unspecified atom stereocenters.